The minimum Gasteiger partial charge on any atom is -0.361 e. The molecule has 0 aromatic carbocycles. The molecule has 1 aliphatic heterocycles. The van der Waals surface area contributed by atoms with Crippen LogP contribution < -0.4 is 5.32 Å². The van der Waals surface area contributed by atoms with E-state index in [1.807, 2.05) is 11.8 Å². The van der Waals surface area contributed by atoms with Crippen LogP contribution in [0.25, 0.3) is 0 Å². The van der Waals surface area contributed by atoms with Crippen LogP contribution in [-0.4, -0.2) is 17.0 Å². The van der Waals surface area contributed by atoms with E-state index in [1.54, 1.807) is 11.3 Å². The van der Waals surface area contributed by atoms with Gasteiger partial charge in [0.05, 0.1) is 6.54 Å². The van der Waals surface area contributed by atoms with Gasteiger partial charge >= 0.3 is 0 Å². The van der Waals surface area contributed by atoms with Crippen LogP contribution in [0.4, 0.5) is 0 Å². The van der Waals surface area contributed by atoms with Crippen LogP contribution in [0.3, 0.4) is 0 Å². The molecule has 0 bridgehead atoms. The lowest BCUT2D eigenvalue weighted by Crippen LogP contribution is -2.25. The first kappa shape index (κ1) is 11.0. The van der Waals surface area contributed by atoms with E-state index in [1.165, 1.54) is 17.5 Å². The van der Waals surface area contributed by atoms with Crippen LogP contribution >= 0.6 is 23.1 Å². The van der Waals surface area contributed by atoms with Gasteiger partial charge in [-0.15, -0.1) is 0 Å². The summed E-state index contributed by atoms with van der Waals surface area (Å²) in [4.78, 5) is 4.60. The van der Waals surface area contributed by atoms with Crippen molar-refractivity contribution >= 4 is 28.3 Å². The maximum absolute atomic E-state index is 4.60. The molecule has 1 saturated heterocycles. The average molecular weight is 240 g/mol. The van der Waals surface area contributed by atoms with E-state index >= 15 is 0 Å². The quantitative estimate of drug-likeness (QED) is 0.878. The van der Waals surface area contributed by atoms with Crippen molar-refractivity contribution in [3.05, 3.63) is 21.9 Å². The number of hydrogen-bond acceptors (Lipinski definition) is 3. The van der Waals surface area contributed by atoms with Crippen molar-refractivity contribution in [1.29, 1.82) is 0 Å². The second kappa shape index (κ2) is 5.03. The van der Waals surface area contributed by atoms with Gasteiger partial charge in [-0.1, -0.05) is 18.7 Å². The van der Waals surface area contributed by atoms with Gasteiger partial charge in [-0.2, -0.15) is 11.3 Å². The highest BCUT2D eigenvalue weighted by Gasteiger charge is 2.17. The van der Waals surface area contributed by atoms with Crippen LogP contribution in [0, 0.1) is 6.92 Å². The third-order valence-electron chi connectivity index (χ3n) is 2.60. The Morgan fingerprint density at radius 2 is 2.40 bits per heavy atom. The van der Waals surface area contributed by atoms with Gasteiger partial charge in [0, 0.05) is 11.8 Å². The molecule has 0 saturated carbocycles. The SMILES string of the molecule is CCC1CSC(=NCc2cscc2C)N1. The van der Waals surface area contributed by atoms with Crippen LogP contribution in [0.1, 0.15) is 24.5 Å². The second-order valence-corrected chi connectivity index (χ2v) is 5.51. The predicted molar refractivity (Wildman–Crippen MR) is 69.9 cm³/mol. The van der Waals surface area contributed by atoms with Crippen molar-refractivity contribution < 1.29 is 0 Å². The lowest BCUT2D eigenvalue weighted by Gasteiger charge is -2.04. The highest BCUT2D eigenvalue weighted by atomic mass is 32.2. The monoisotopic (exact) mass is 240 g/mol. The molecule has 0 amide bonds. The molecule has 0 spiro atoms. The summed E-state index contributed by atoms with van der Waals surface area (Å²) in [5.41, 5.74) is 2.72. The number of nitrogens with one attached hydrogen (secondary N) is 1. The summed E-state index contributed by atoms with van der Waals surface area (Å²) in [6.07, 6.45) is 1.18. The van der Waals surface area contributed by atoms with Gasteiger partial charge in [-0.05, 0) is 35.2 Å². The summed E-state index contributed by atoms with van der Waals surface area (Å²) in [6, 6.07) is 0.623. The van der Waals surface area contributed by atoms with E-state index in [-0.39, 0.29) is 0 Å². The van der Waals surface area contributed by atoms with Crippen molar-refractivity contribution in [1.82, 2.24) is 5.32 Å². The molecule has 2 rings (SSSR count). The summed E-state index contributed by atoms with van der Waals surface area (Å²) in [7, 11) is 0. The first-order valence-corrected chi connectivity index (χ1v) is 7.18. The van der Waals surface area contributed by atoms with Crippen molar-refractivity contribution in [2.24, 2.45) is 4.99 Å². The molecule has 82 valence electrons. The number of amidine groups is 1. The molecule has 1 N–H and O–H groups in total. The molecule has 2 heterocycles. The summed E-state index contributed by atoms with van der Waals surface area (Å²) in [6.45, 7) is 5.18. The van der Waals surface area contributed by atoms with Crippen molar-refractivity contribution in [3.8, 4) is 0 Å². The van der Waals surface area contributed by atoms with Gasteiger partial charge in [-0.3, -0.25) is 4.99 Å². The Morgan fingerprint density at radius 1 is 1.53 bits per heavy atom. The van der Waals surface area contributed by atoms with Crippen LogP contribution in [0.5, 0.6) is 0 Å². The average Bonchev–Trinajstić information content (AvgIpc) is 2.84. The number of thioether (sulfide) groups is 1. The van der Waals surface area contributed by atoms with E-state index < -0.39 is 0 Å². The van der Waals surface area contributed by atoms with Crippen molar-refractivity contribution in [3.63, 3.8) is 0 Å². The summed E-state index contributed by atoms with van der Waals surface area (Å²) in [5.74, 6) is 1.16. The first-order valence-electron chi connectivity index (χ1n) is 5.25. The van der Waals surface area contributed by atoms with Crippen molar-refractivity contribution in [2.75, 3.05) is 5.75 Å². The second-order valence-electron chi connectivity index (χ2n) is 3.76. The molecule has 1 aromatic heterocycles. The normalized spacial score (nSPS) is 23.3. The lowest BCUT2D eigenvalue weighted by molar-refractivity contribution is 0.667. The fourth-order valence-corrected chi connectivity index (χ4v) is 3.39. The van der Waals surface area contributed by atoms with Gasteiger partial charge in [0.1, 0.15) is 0 Å². The van der Waals surface area contributed by atoms with E-state index in [2.05, 4.69) is 34.9 Å². The van der Waals surface area contributed by atoms with Gasteiger partial charge in [0.15, 0.2) is 5.17 Å². The number of rotatable bonds is 3. The zero-order chi connectivity index (χ0) is 10.7. The molecule has 1 aliphatic rings. The first-order chi connectivity index (χ1) is 7.29. The van der Waals surface area contributed by atoms with Gasteiger partial charge < -0.3 is 5.32 Å². The molecule has 0 radical (unpaired) electrons. The molecular weight excluding hydrogens is 224 g/mol. The Kier molecular flexibility index (Phi) is 3.70. The fraction of sp³-hybridized carbons (Fsp3) is 0.545. The van der Waals surface area contributed by atoms with E-state index in [0.717, 1.165) is 17.5 Å². The zero-order valence-corrected chi connectivity index (χ0v) is 10.8. The van der Waals surface area contributed by atoms with Crippen LogP contribution in [-0.2, 0) is 6.54 Å². The lowest BCUT2D eigenvalue weighted by atomic mass is 10.2. The Labute approximate surface area is 99.2 Å². The minimum atomic E-state index is 0.623. The van der Waals surface area contributed by atoms with Gasteiger partial charge in [-0.25, -0.2) is 0 Å². The maximum atomic E-state index is 4.60. The summed E-state index contributed by atoms with van der Waals surface area (Å²) >= 11 is 3.60. The molecule has 1 aromatic rings. The third-order valence-corrected chi connectivity index (χ3v) is 4.60. The molecular formula is C11H16N2S2. The molecule has 4 heteroatoms. The molecule has 1 fully saturated rings. The Morgan fingerprint density at radius 3 is 3.00 bits per heavy atom. The molecule has 2 nitrogen and oxygen atoms in total. The van der Waals surface area contributed by atoms with Gasteiger partial charge in [0.25, 0.3) is 0 Å². The van der Waals surface area contributed by atoms with Gasteiger partial charge in [0.2, 0.25) is 0 Å². The van der Waals surface area contributed by atoms with Crippen molar-refractivity contribution in [2.45, 2.75) is 32.9 Å². The number of nitrogens with zero attached hydrogens (tertiary/aromatic N) is 1. The standard InChI is InChI=1S/C11H16N2S2/c1-3-10-7-15-11(13-10)12-4-9-6-14-5-8(9)2/h5-6,10H,3-4,7H2,1-2H3,(H,12,13). The Hall–Kier alpha value is -0.480. The molecule has 15 heavy (non-hydrogen) atoms. The van der Waals surface area contributed by atoms with E-state index in [9.17, 15) is 0 Å². The number of thiophene rings is 1. The number of hydrogen-bond donors (Lipinski definition) is 1. The predicted octanol–water partition coefficient (Wildman–Crippen LogP) is 3.03. The largest absolute Gasteiger partial charge is 0.361 e. The summed E-state index contributed by atoms with van der Waals surface area (Å²) in [5, 5.41) is 8.93. The maximum Gasteiger partial charge on any atom is 0.157 e. The number of aryl methyl sites for hydroxylation is 1. The Bertz CT molecular complexity index is 357. The van der Waals surface area contributed by atoms with Crippen LogP contribution in [0.2, 0.25) is 0 Å². The highest BCUT2D eigenvalue weighted by molar-refractivity contribution is 8.14. The fourth-order valence-electron chi connectivity index (χ4n) is 1.45. The third kappa shape index (κ3) is 2.75. The topological polar surface area (TPSA) is 24.4 Å². The van der Waals surface area contributed by atoms with E-state index in [0.29, 0.717) is 6.04 Å². The Balaban J connectivity index is 1.93. The highest BCUT2D eigenvalue weighted by Crippen LogP contribution is 2.18. The molecule has 0 aliphatic carbocycles. The molecule has 1 atom stereocenters. The molecule has 1 unspecified atom stereocenters. The smallest absolute Gasteiger partial charge is 0.157 e. The zero-order valence-electron chi connectivity index (χ0n) is 9.12. The summed E-state index contributed by atoms with van der Waals surface area (Å²) < 4.78 is 0. The minimum absolute atomic E-state index is 0.623. The van der Waals surface area contributed by atoms with E-state index in [4.69, 9.17) is 0 Å². The number of aliphatic imine (C=N–C) groups is 1. The van der Waals surface area contributed by atoms with Crippen LogP contribution in [0.15, 0.2) is 15.8 Å².